The first-order chi connectivity index (χ1) is 7.74. The predicted molar refractivity (Wildman–Crippen MR) is 64.4 cm³/mol. The molecule has 0 aromatic carbocycles. The van der Waals surface area contributed by atoms with Crippen molar-refractivity contribution in [2.24, 2.45) is 0 Å². The zero-order valence-corrected chi connectivity index (χ0v) is 10.5. The van der Waals surface area contributed by atoms with Crippen LogP contribution in [0.1, 0.15) is 32.1 Å². The quantitative estimate of drug-likeness (QED) is 0.713. The minimum absolute atomic E-state index is 0.101. The molecular weight excluding hydrogens is 204 g/mol. The number of ether oxygens (including phenoxy) is 1. The number of hydrogen-bond donors (Lipinski definition) is 1. The number of methoxy groups -OCH3 is 1. The molecule has 94 valence electrons. The van der Waals surface area contributed by atoms with Gasteiger partial charge in [0.15, 0.2) is 0 Å². The highest BCUT2D eigenvalue weighted by Gasteiger charge is 2.16. The van der Waals surface area contributed by atoms with Crippen LogP contribution in [-0.4, -0.2) is 50.7 Å². The first-order valence-electron chi connectivity index (χ1n) is 6.22. The summed E-state index contributed by atoms with van der Waals surface area (Å²) in [4.78, 5) is 13.4. The fraction of sp³-hybridized carbons (Fsp3) is 0.917. The van der Waals surface area contributed by atoms with Gasteiger partial charge < -0.3 is 15.0 Å². The van der Waals surface area contributed by atoms with Crippen molar-refractivity contribution in [2.75, 3.05) is 33.8 Å². The van der Waals surface area contributed by atoms with E-state index < -0.39 is 0 Å². The van der Waals surface area contributed by atoms with E-state index in [1.54, 1.807) is 0 Å². The van der Waals surface area contributed by atoms with Crippen LogP contribution in [0.3, 0.4) is 0 Å². The van der Waals surface area contributed by atoms with Crippen molar-refractivity contribution in [3.05, 3.63) is 0 Å². The van der Waals surface area contributed by atoms with E-state index in [-0.39, 0.29) is 5.97 Å². The molecular formula is C12H24N2O2. The molecule has 0 radical (unpaired) electrons. The zero-order chi connectivity index (χ0) is 11.8. The van der Waals surface area contributed by atoms with E-state index in [4.69, 9.17) is 0 Å². The average Bonchev–Trinajstić information content (AvgIpc) is 2.57. The molecule has 1 heterocycles. The normalized spacial score (nSPS) is 21.8. The standard InChI is InChI=1S/C12H24N2O2/c1-14(10-4-6-12(15)16-2)11-5-3-8-13-9-7-11/h11,13H,3-10H2,1-2H3. The molecule has 4 heteroatoms. The zero-order valence-electron chi connectivity index (χ0n) is 10.5. The van der Waals surface area contributed by atoms with Crippen LogP contribution in [0.4, 0.5) is 0 Å². The third kappa shape index (κ3) is 4.94. The van der Waals surface area contributed by atoms with E-state index in [2.05, 4.69) is 22.0 Å². The van der Waals surface area contributed by atoms with Crippen molar-refractivity contribution in [1.29, 1.82) is 0 Å². The third-order valence-corrected chi connectivity index (χ3v) is 3.29. The Kier molecular flexibility index (Phi) is 6.42. The molecule has 1 aliphatic heterocycles. The lowest BCUT2D eigenvalue weighted by Gasteiger charge is -2.26. The Labute approximate surface area is 98.3 Å². The third-order valence-electron chi connectivity index (χ3n) is 3.29. The van der Waals surface area contributed by atoms with Gasteiger partial charge >= 0.3 is 5.97 Å². The Morgan fingerprint density at radius 3 is 3.00 bits per heavy atom. The second-order valence-electron chi connectivity index (χ2n) is 4.50. The van der Waals surface area contributed by atoms with Gasteiger partial charge in [0, 0.05) is 12.5 Å². The summed E-state index contributed by atoms with van der Waals surface area (Å²) in [5.74, 6) is -0.101. The fourth-order valence-electron chi connectivity index (χ4n) is 2.20. The van der Waals surface area contributed by atoms with Gasteiger partial charge in [0.05, 0.1) is 7.11 Å². The molecule has 0 amide bonds. The molecule has 1 N–H and O–H groups in total. The SMILES string of the molecule is COC(=O)CCCN(C)C1CCCNCC1. The van der Waals surface area contributed by atoms with E-state index >= 15 is 0 Å². The Hall–Kier alpha value is -0.610. The molecule has 0 spiro atoms. The minimum atomic E-state index is -0.101. The molecule has 0 aromatic heterocycles. The van der Waals surface area contributed by atoms with Crippen LogP contribution in [0.2, 0.25) is 0 Å². The number of carbonyl (C=O) groups is 1. The van der Waals surface area contributed by atoms with Crippen molar-refractivity contribution < 1.29 is 9.53 Å². The first kappa shape index (κ1) is 13.5. The van der Waals surface area contributed by atoms with Gasteiger partial charge in [-0.05, 0) is 52.4 Å². The topological polar surface area (TPSA) is 41.6 Å². The number of carbonyl (C=O) groups excluding carboxylic acids is 1. The molecule has 0 saturated carbocycles. The van der Waals surface area contributed by atoms with Gasteiger partial charge in [-0.2, -0.15) is 0 Å². The van der Waals surface area contributed by atoms with Crippen molar-refractivity contribution in [3.8, 4) is 0 Å². The summed E-state index contributed by atoms with van der Waals surface area (Å²) >= 11 is 0. The van der Waals surface area contributed by atoms with E-state index in [1.807, 2.05) is 0 Å². The molecule has 4 nitrogen and oxygen atoms in total. The second kappa shape index (κ2) is 7.63. The van der Waals surface area contributed by atoms with Crippen LogP contribution < -0.4 is 5.32 Å². The lowest BCUT2D eigenvalue weighted by Crippen LogP contribution is -2.33. The molecule has 0 aromatic rings. The van der Waals surface area contributed by atoms with Crippen LogP contribution in [0, 0.1) is 0 Å². The maximum absolute atomic E-state index is 11.0. The van der Waals surface area contributed by atoms with Gasteiger partial charge in [0.1, 0.15) is 0 Å². The van der Waals surface area contributed by atoms with Crippen LogP contribution in [0.25, 0.3) is 0 Å². The summed E-state index contributed by atoms with van der Waals surface area (Å²) < 4.78 is 4.63. The van der Waals surface area contributed by atoms with Crippen LogP contribution in [0.15, 0.2) is 0 Å². The Morgan fingerprint density at radius 1 is 1.44 bits per heavy atom. The van der Waals surface area contributed by atoms with Gasteiger partial charge in [-0.15, -0.1) is 0 Å². The van der Waals surface area contributed by atoms with E-state index in [9.17, 15) is 4.79 Å². The largest absolute Gasteiger partial charge is 0.469 e. The van der Waals surface area contributed by atoms with Gasteiger partial charge in [-0.1, -0.05) is 0 Å². The predicted octanol–water partition coefficient (Wildman–Crippen LogP) is 1.01. The van der Waals surface area contributed by atoms with E-state index in [1.165, 1.54) is 26.4 Å². The Morgan fingerprint density at radius 2 is 2.25 bits per heavy atom. The smallest absolute Gasteiger partial charge is 0.305 e. The number of nitrogens with zero attached hydrogens (tertiary/aromatic N) is 1. The molecule has 1 fully saturated rings. The fourth-order valence-corrected chi connectivity index (χ4v) is 2.20. The number of hydrogen-bond acceptors (Lipinski definition) is 4. The lowest BCUT2D eigenvalue weighted by atomic mass is 10.1. The van der Waals surface area contributed by atoms with Crippen LogP contribution in [-0.2, 0) is 9.53 Å². The maximum Gasteiger partial charge on any atom is 0.305 e. The molecule has 0 bridgehead atoms. The molecule has 16 heavy (non-hydrogen) atoms. The summed E-state index contributed by atoms with van der Waals surface area (Å²) in [6, 6.07) is 0.674. The molecule has 1 atom stereocenters. The van der Waals surface area contributed by atoms with Crippen molar-refractivity contribution >= 4 is 5.97 Å². The van der Waals surface area contributed by atoms with Crippen LogP contribution in [0.5, 0.6) is 0 Å². The molecule has 1 rings (SSSR count). The van der Waals surface area contributed by atoms with Gasteiger partial charge in [-0.3, -0.25) is 4.79 Å². The highest BCUT2D eigenvalue weighted by atomic mass is 16.5. The highest BCUT2D eigenvalue weighted by Crippen LogP contribution is 2.12. The maximum atomic E-state index is 11.0. The monoisotopic (exact) mass is 228 g/mol. The second-order valence-corrected chi connectivity index (χ2v) is 4.50. The summed E-state index contributed by atoms with van der Waals surface area (Å²) in [6.07, 6.45) is 5.17. The molecule has 1 saturated heterocycles. The van der Waals surface area contributed by atoms with Crippen molar-refractivity contribution in [2.45, 2.75) is 38.1 Å². The number of nitrogens with one attached hydrogen (secondary N) is 1. The number of rotatable bonds is 5. The van der Waals surface area contributed by atoms with Gasteiger partial charge in [0.2, 0.25) is 0 Å². The summed E-state index contributed by atoms with van der Waals surface area (Å²) in [5, 5.41) is 3.41. The van der Waals surface area contributed by atoms with E-state index in [0.29, 0.717) is 12.5 Å². The highest BCUT2D eigenvalue weighted by molar-refractivity contribution is 5.69. The first-order valence-corrected chi connectivity index (χ1v) is 6.22. The van der Waals surface area contributed by atoms with Gasteiger partial charge in [0.25, 0.3) is 0 Å². The summed E-state index contributed by atoms with van der Waals surface area (Å²) in [6.45, 7) is 3.25. The van der Waals surface area contributed by atoms with Gasteiger partial charge in [-0.25, -0.2) is 0 Å². The molecule has 1 aliphatic rings. The van der Waals surface area contributed by atoms with E-state index in [0.717, 1.165) is 26.1 Å². The Bertz CT molecular complexity index is 201. The van der Waals surface area contributed by atoms with Crippen molar-refractivity contribution in [3.63, 3.8) is 0 Å². The average molecular weight is 228 g/mol. The Balaban J connectivity index is 2.17. The molecule has 0 aliphatic carbocycles. The summed E-state index contributed by atoms with van der Waals surface area (Å²) in [7, 11) is 3.61. The van der Waals surface area contributed by atoms with Crippen molar-refractivity contribution in [1.82, 2.24) is 10.2 Å². The summed E-state index contributed by atoms with van der Waals surface area (Å²) in [5.41, 5.74) is 0. The minimum Gasteiger partial charge on any atom is -0.469 e. The molecule has 1 unspecified atom stereocenters. The van der Waals surface area contributed by atoms with Crippen LogP contribution >= 0.6 is 0 Å². The number of esters is 1. The lowest BCUT2D eigenvalue weighted by molar-refractivity contribution is -0.140.